The molecule has 0 aliphatic carbocycles. The second kappa shape index (κ2) is 5.03. The third kappa shape index (κ3) is 2.59. The van der Waals surface area contributed by atoms with Gasteiger partial charge in [0.05, 0.1) is 0 Å². The van der Waals surface area contributed by atoms with Crippen molar-refractivity contribution in [3.05, 3.63) is 29.7 Å². The lowest BCUT2D eigenvalue weighted by Crippen LogP contribution is -2.50. The Labute approximate surface area is 130 Å². The maximum atomic E-state index is 14.1. The molecule has 0 N–H and O–H groups in total. The van der Waals surface area contributed by atoms with Crippen LogP contribution in [0.4, 0.5) is 35.1 Å². The Kier molecular flexibility index (Phi) is 3.85. The number of aromatic nitrogens is 3. The molecule has 2 aromatic heterocycles. The molecule has 24 heavy (non-hydrogen) atoms. The summed E-state index contributed by atoms with van der Waals surface area (Å²) in [6.07, 6.45) is -6.09. The minimum atomic E-state index is -6.48. The second-order valence-electron chi connectivity index (χ2n) is 6.15. The number of nitrogens with zero attached hydrogens (tertiary/aromatic N) is 3. The van der Waals surface area contributed by atoms with Gasteiger partial charge in [-0.1, -0.05) is 20.8 Å². The van der Waals surface area contributed by atoms with Crippen molar-refractivity contribution < 1.29 is 35.1 Å². The van der Waals surface area contributed by atoms with Crippen molar-refractivity contribution in [1.29, 1.82) is 0 Å². The summed E-state index contributed by atoms with van der Waals surface area (Å²) in [7, 11) is 0. The van der Waals surface area contributed by atoms with E-state index in [0.29, 0.717) is 10.7 Å². The highest BCUT2D eigenvalue weighted by Crippen LogP contribution is 2.51. The monoisotopic (exact) mass is 361 g/mol. The highest BCUT2D eigenvalue weighted by molar-refractivity contribution is 5.43. The van der Waals surface area contributed by atoms with E-state index in [-0.39, 0.29) is 11.8 Å². The average Bonchev–Trinajstić information content (AvgIpc) is 2.74. The summed E-state index contributed by atoms with van der Waals surface area (Å²) in [5.74, 6) is -13.0. The Morgan fingerprint density at radius 1 is 0.958 bits per heavy atom. The second-order valence-corrected chi connectivity index (χ2v) is 6.15. The van der Waals surface area contributed by atoms with Crippen molar-refractivity contribution >= 4 is 5.65 Å². The van der Waals surface area contributed by atoms with Gasteiger partial charge in [-0.05, 0) is 0 Å². The maximum Gasteiger partial charge on any atom is 0.460 e. The van der Waals surface area contributed by atoms with Crippen LogP contribution in [0, 0.1) is 5.95 Å². The van der Waals surface area contributed by atoms with Crippen LogP contribution < -0.4 is 0 Å². The van der Waals surface area contributed by atoms with Gasteiger partial charge < -0.3 is 0 Å². The summed E-state index contributed by atoms with van der Waals surface area (Å²) in [4.78, 5) is 6.56. The van der Waals surface area contributed by atoms with E-state index in [1.165, 1.54) is 0 Å². The van der Waals surface area contributed by atoms with Gasteiger partial charge in [0.25, 0.3) is 0 Å². The average molecular weight is 361 g/mol. The van der Waals surface area contributed by atoms with Crippen molar-refractivity contribution in [2.75, 3.05) is 0 Å². The van der Waals surface area contributed by atoms with E-state index in [1.54, 1.807) is 20.8 Å². The van der Waals surface area contributed by atoms with Crippen LogP contribution in [0.5, 0.6) is 0 Å². The van der Waals surface area contributed by atoms with Crippen molar-refractivity contribution in [3.63, 3.8) is 0 Å². The van der Waals surface area contributed by atoms with Gasteiger partial charge in [0.2, 0.25) is 5.95 Å². The van der Waals surface area contributed by atoms with E-state index < -0.39 is 40.7 Å². The molecule has 0 amide bonds. The fourth-order valence-electron chi connectivity index (χ4n) is 1.91. The highest BCUT2D eigenvalue weighted by Gasteiger charge is 2.74. The zero-order chi connectivity index (χ0) is 18.7. The van der Waals surface area contributed by atoms with Gasteiger partial charge in [-0.15, -0.1) is 0 Å². The number of rotatable bonds is 2. The molecule has 2 aromatic rings. The van der Waals surface area contributed by atoms with Crippen molar-refractivity contribution in [2.24, 2.45) is 0 Å². The molecule has 0 radical (unpaired) electrons. The molecule has 0 aliphatic heterocycles. The molecule has 0 bridgehead atoms. The summed E-state index contributed by atoms with van der Waals surface area (Å²) >= 11 is 0. The summed E-state index contributed by atoms with van der Waals surface area (Å²) in [6.45, 7) is 4.66. The standard InChI is InChI=1S/C13H11F8N3/c1-10(2,3)8-9(14)24-5-22-6(4-7(24)23-8)11(15,16)12(17,18)13(19,20)21/h4-5H,1-3H3. The molecule has 11 heteroatoms. The van der Waals surface area contributed by atoms with Crippen LogP contribution in [0.3, 0.4) is 0 Å². The molecule has 0 unspecified atom stereocenters. The minimum absolute atomic E-state index is 0.174. The van der Waals surface area contributed by atoms with Gasteiger partial charge in [0.15, 0.2) is 0 Å². The number of halogens is 8. The quantitative estimate of drug-likeness (QED) is 0.740. The van der Waals surface area contributed by atoms with Gasteiger partial charge in [-0.3, -0.25) is 4.40 Å². The summed E-state index contributed by atoms with van der Waals surface area (Å²) < 4.78 is 105. The van der Waals surface area contributed by atoms with Crippen LogP contribution in [0.2, 0.25) is 0 Å². The van der Waals surface area contributed by atoms with Crippen LogP contribution >= 0.6 is 0 Å². The van der Waals surface area contributed by atoms with E-state index in [2.05, 4.69) is 9.97 Å². The van der Waals surface area contributed by atoms with Crippen LogP contribution in [0.25, 0.3) is 5.65 Å². The van der Waals surface area contributed by atoms with E-state index in [0.717, 1.165) is 0 Å². The number of hydrogen-bond donors (Lipinski definition) is 0. The van der Waals surface area contributed by atoms with E-state index >= 15 is 0 Å². The Hall–Kier alpha value is -1.94. The lowest BCUT2D eigenvalue weighted by atomic mass is 9.93. The molecule has 0 fully saturated rings. The first-order chi connectivity index (χ1) is 10.6. The molecule has 2 heterocycles. The van der Waals surface area contributed by atoms with Crippen molar-refractivity contribution in [3.8, 4) is 0 Å². The highest BCUT2D eigenvalue weighted by atomic mass is 19.4. The third-order valence-corrected chi connectivity index (χ3v) is 3.24. The van der Waals surface area contributed by atoms with Crippen molar-refractivity contribution in [1.82, 2.24) is 14.4 Å². The van der Waals surface area contributed by atoms with Crippen LogP contribution in [0.15, 0.2) is 12.4 Å². The smallest absolute Gasteiger partial charge is 0.259 e. The molecule has 2 rings (SSSR count). The van der Waals surface area contributed by atoms with Gasteiger partial charge in [0, 0.05) is 11.5 Å². The molecule has 0 atom stereocenters. The topological polar surface area (TPSA) is 30.2 Å². The molecular weight excluding hydrogens is 350 g/mol. The summed E-state index contributed by atoms with van der Waals surface area (Å²) in [5, 5.41) is 0. The van der Waals surface area contributed by atoms with E-state index in [9.17, 15) is 35.1 Å². The summed E-state index contributed by atoms with van der Waals surface area (Å²) in [6, 6.07) is 0.206. The van der Waals surface area contributed by atoms with Gasteiger partial charge in [0.1, 0.15) is 23.4 Å². The van der Waals surface area contributed by atoms with Gasteiger partial charge in [-0.2, -0.15) is 35.1 Å². The number of alkyl halides is 7. The zero-order valence-electron chi connectivity index (χ0n) is 12.5. The lowest BCUT2D eigenvalue weighted by Gasteiger charge is -2.27. The molecular formula is C13H11F8N3. The first-order valence-electron chi connectivity index (χ1n) is 6.47. The number of fused-ring (bicyclic) bond motifs is 1. The third-order valence-electron chi connectivity index (χ3n) is 3.24. The molecule has 0 aliphatic rings. The van der Waals surface area contributed by atoms with E-state index in [4.69, 9.17) is 0 Å². The normalized spacial score (nSPS) is 14.5. The first-order valence-corrected chi connectivity index (χ1v) is 6.47. The largest absolute Gasteiger partial charge is 0.460 e. The van der Waals surface area contributed by atoms with Crippen molar-refractivity contribution in [2.45, 2.75) is 44.2 Å². The van der Waals surface area contributed by atoms with Gasteiger partial charge >= 0.3 is 18.0 Å². The van der Waals surface area contributed by atoms with Crippen LogP contribution in [0.1, 0.15) is 32.2 Å². The fraction of sp³-hybridized carbons (Fsp3) is 0.538. The molecule has 0 spiro atoms. The molecule has 134 valence electrons. The first kappa shape index (κ1) is 18.4. The molecule has 3 nitrogen and oxygen atoms in total. The predicted molar refractivity (Wildman–Crippen MR) is 66.5 cm³/mol. The number of imidazole rings is 1. The maximum absolute atomic E-state index is 14.1. The van der Waals surface area contributed by atoms with Crippen LogP contribution in [-0.4, -0.2) is 26.5 Å². The Bertz CT molecular complexity index is 770. The van der Waals surface area contributed by atoms with E-state index in [1.807, 2.05) is 0 Å². The molecule has 0 aromatic carbocycles. The zero-order valence-corrected chi connectivity index (χ0v) is 12.5. The molecule has 0 saturated heterocycles. The van der Waals surface area contributed by atoms with Gasteiger partial charge in [-0.25, -0.2) is 9.97 Å². The minimum Gasteiger partial charge on any atom is -0.259 e. The Balaban J connectivity index is 2.63. The number of hydrogen-bond acceptors (Lipinski definition) is 2. The lowest BCUT2D eigenvalue weighted by molar-refractivity contribution is -0.360. The SMILES string of the molecule is CC(C)(C)c1nc2cc(C(F)(F)C(F)(F)C(F)(F)F)ncn2c1F. The fourth-order valence-corrected chi connectivity index (χ4v) is 1.91. The summed E-state index contributed by atoms with van der Waals surface area (Å²) in [5.41, 5.74) is -3.44. The van der Waals surface area contributed by atoms with Crippen LogP contribution in [-0.2, 0) is 11.3 Å². The predicted octanol–water partition coefficient (Wildman–Crippen LogP) is 4.46. The Morgan fingerprint density at radius 3 is 1.96 bits per heavy atom. The Morgan fingerprint density at radius 2 is 1.50 bits per heavy atom. The molecule has 0 saturated carbocycles.